The summed E-state index contributed by atoms with van der Waals surface area (Å²) < 4.78 is 0. The van der Waals surface area contributed by atoms with E-state index in [-0.39, 0.29) is 11.7 Å². The fourth-order valence-electron chi connectivity index (χ4n) is 1.56. The summed E-state index contributed by atoms with van der Waals surface area (Å²) in [4.78, 5) is 17.4. The summed E-state index contributed by atoms with van der Waals surface area (Å²) in [6, 6.07) is 6.82. The molecule has 92 valence electrons. The van der Waals surface area contributed by atoms with Gasteiger partial charge in [0, 0.05) is 7.05 Å². The number of phenolic OH excluding ortho intramolecular Hbond substituents is 1. The van der Waals surface area contributed by atoms with Crippen LogP contribution in [0, 0.1) is 0 Å². The number of amides is 1. The molecule has 1 aromatic rings. The van der Waals surface area contributed by atoms with Crippen molar-refractivity contribution in [2.75, 3.05) is 7.05 Å². The summed E-state index contributed by atoms with van der Waals surface area (Å²) in [5, 5.41) is 9.14. The van der Waals surface area contributed by atoms with E-state index in [4.69, 9.17) is 5.11 Å². The molecule has 1 aliphatic heterocycles. The first-order chi connectivity index (χ1) is 8.58. The second-order valence-electron chi connectivity index (χ2n) is 4.03. The molecule has 1 aromatic carbocycles. The van der Waals surface area contributed by atoms with Gasteiger partial charge in [-0.3, -0.25) is 9.69 Å². The normalized spacial score (nSPS) is 17.9. The molecule has 0 aromatic heterocycles. The Morgan fingerprint density at radius 2 is 1.94 bits per heavy atom. The van der Waals surface area contributed by atoms with Gasteiger partial charge in [0.15, 0.2) is 0 Å². The van der Waals surface area contributed by atoms with Crippen molar-refractivity contribution in [1.29, 1.82) is 0 Å². The average Bonchev–Trinajstić information content (AvgIpc) is 2.60. The third-order valence-corrected chi connectivity index (χ3v) is 2.73. The highest BCUT2D eigenvalue weighted by atomic mass is 16.3. The molecule has 0 unspecified atom stereocenters. The highest BCUT2D eigenvalue weighted by Crippen LogP contribution is 2.14. The first-order valence-electron chi connectivity index (χ1n) is 5.58. The molecule has 1 amide bonds. The Labute approximate surface area is 106 Å². The minimum absolute atomic E-state index is 0.0946. The molecule has 1 N–H and O–H groups in total. The van der Waals surface area contributed by atoms with Crippen LogP contribution in [0.15, 0.2) is 47.1 Å². The Hall–Kier alpha value is -2.36. The van der Waals surface area contributed by atoms with E-state index in [9.17, 15) is 4.79 Å². The Morgan fingerprint density at radius 3 is 2.50 bits per heavy atom. The molecule has 0 saturated heterocycles. The monoisotopic (exact) mass is 242 g/mol. The zero-order valence-electron chi connectivity index (χ0n) is 10.3. The Balaban J connectivity index is 2.12. The summed E-state index contributed by atoms with van der Waals surface area (Å²) in [7, 11) is 1.70. The van der Waals surface area contributed by atoms with Crippen molar-refractivity contribution in [3.05, 3.63) is 47.7 Å². The van der Waals surface area contributed by atoms with Gasteiger partial charge in [-0.25, -0.2) is 4.99 Å². The minimum Gasteiger partial charge on any atom is -0.508 e. The Kier molecular flexibility index (Phi) is 3.28. The van der Waals surface area contributed by atoms with E-state index < -0.39 is 0 Å². The number of hydrogen-bond acceptors (Lipinski definition) is 3. The van der Waals surface area contributed by atoms with Crippen molar-refractivity contribution >= 4 is 17.8 Å². The molecule has 18 heavy (non-hydrogen) atoms. The molecule has 4 nitrogen and oxygen atoms in total. The first kappa shape index (κ1) is 12.1. The van der Waals surface area contributed by atoms with Gasteiger partial charge in [-0.15, -0.1) is 0 Å². The van der Waals surface area contributed by atoms with E-state index in [0.29, 0.717) is 11.5 Å². The number of phenols is 1. The number of hydrogen-bond donors (Lipinski definition) is 1. The molecule has 1 heterocycles. The number of carbonyl (C=O) groups excluding carboxylic acids is 1. The van der Waals surface area contributed by atoms with Crippen LogP contribution in [-0.4, -0.2) is 28.8 Å². The highest BCUT2D eigenvalue weighted by molar-refractivity contribution is 6.11. The lowest BCUT2D eigenvalue weighted by molar-refractivity contribution is -0.121. The molecule has 1 aliphatic rings. The van der Waals surface area contributed by atoms with E-state index in [0.717, 1.165) is 5.56 Å². The van der Waals surface area contributed by atoms with Gasteiger partial charge in [0.2, 0.25) is 0 Å². The number of nitrogens with zero attached hydrogens (tertiary/aromatic N) is 2. The number of aromatic hydroxyl groups is 1. The highest BCUT2D eigenvalue weighted by Gasteiger charge is 2.22. The van der Waals surface area contributed by atoms with Crippen LogP contribution in [0.2, 0.25) is 0 Å². The SMILES string of the molecule is CC1=N/C(=C\C=C\c2ccc(O)cc2)C(=O)N1C. The van der Waals surface area contributed by atoms with Gasteiger partial charge >= 0.3 is 0 Å². The third kappa shape index (κ3) is 2.48. The maximum atomic E-state index is 11.7. The zero-order valence-corrected chi connectivity index (χ0v) is 10.3. The van der Waals surface area contributed by atoms with Crippen molar-refractivity contribution < 1.29 is 9.90 Å². The number of amidine groups is 1. The molecular formula is C14H14N2O2. The fraction of sp³-hybridized carbons (Fsp3) is 0.143. The molecule has 0 fully saturated rings. The molecular weight excluding hydrogens is 228 g/mol. The van der Waals surface area contributed by atoms with Gasteiger partial charge < -0.3 is 5.11 Å². The molecule has 0 saturated carbocycles. The van der Waals surface area contributed by atoms with E-state index in [1.165, 1.54) is 4.90 Å². The molecule has 0 radical (unpaired) electrons. The molecule has 0 spiro atoms. The summed E-state index contributed by atoms with van der Waals surface area (Å²) >= 11 is 0. The van der Waals surface area contributed by atoms with Crippen LogP contribution in [0.5, 0.6) is 5.75 Å². The number of likely N-dealkylation sites (N-methyl/N-ethyl adjacent to an activating group) is 1. The number of carbonyl (C=O) groups is 1. The number of allylic oxidation sites excluding steroid dienone is 2. The van der Waals surface area contributed by atoms with Gasteiger partial charge in [0.25, 0.3) is 5.91 Å². The molecule has 4 heteroatoms. The maximum Gasteiger partial charge on any atom is 0.277 e. The third-order valence-electron chi connectivity index (χ3n) is 2.73. The molecule has 0 bridgehead atoms. The van der Waals surface area contributed by atoms with Crippen LogP contribution < -0.4 is 0 Å². The summed E-state index contributed by atoms with van der Waals surface area (Å²) in [6.45, 7) is 1.79. The molecule has 2 rings (SSSR count). The predicted octanol–water partition coefficient (Wildman–Crippen LogP) is 2.18. The summed E-state index contributed by atoms with van der Waals surface area (Å²) in [6.07, 6.45) is 5.31. The van der Waals surface area contributed by atoms with Crippen molar-refractivity contribution in [1.82, 2.24) is 4.90 Å². The predicted molar refractivity (Wildman–Crippen MR) is 71.1 cm³/mol. The van der Waals surface area contributed by atoms with Gasteiger partial charge in [0.1, 0.15) is 17.3 Å². The lowest BCUT2D eigenvalue weighted by Gasteiger charge is -2.05. The van der Waals surface area contributed by atoms with E-state index in [1.807, 2.05) is 6.08 Å². The molecule has 0 aliphatic carbocycles. The zero-order chi connectivity index (χ0) is 13.1. The van der Waals surface area contributed by atoms with Crippen LogP contribution >= 0.6 is 0 Å². The quantitative estimate of drug-likeness (QED) is 0.808. The number of aliphatic imine (C=N–C) groups is 1. The smallest absolute Gasteiger partial charge is 0.277 e. The van der Waals surface area contributed by atoms with Crippen LogP contribution in [-0.2, 0) is 4.79 Å². The van der Waals surface area contributed by atoms with Gasteiger partial charge in [-0.2, -0.15) is 0 Å². The lowest BCUT2D eigenvalue weighted by Crippen LogP contribution is -2.25. The second-order valence-corrected chi connectivity index (χ2v) is 4.03. The average molecular weight is 242 g/mol. The molecule has 0 atom stereocenters. The first-order valence-corrected chi connectivity index (χ1v) is 5.58. The number of rotatable bonds is 2. The van der Waals surface area contributed by atoms with Crippen molar-refractivity contribution in [2.45, 2.75) is 6.92 Å². The van der Waals surface area contributed by atoms with Crippen LogP contribution in [0.3, 0.4) is 0 Å². The van der Waals surface area contributed by atoms with Crippen molar-refractivity contribution in [2.24, 2.45) is 4.99 Å². The van der Waals surface area contributed by atoms with Gasteiger partial charge in [-0.05, 0) is 30.7 Å². The van der Waals surface area contributed by atoms with Crippen LogP contribution in [0.1, 0.15) is 12.5 Å². The van der Waals surface area contributed by atoms with Crippen molar-refractivity contribution in [3.8, 4) is 5.75 Å². The minimum atomic E-state index is -0.0946. The van der Waals surface area contributed by atoms with E-state index in [2.05, 4.69) is 4.99 Å². The van der Waals surface area contributed by atoms with Crippen LogP contribution in [0.4, 0.5) is 0 Å². The van der Waals surface area contributed by atoms with Crippen LogP contribution in [0.25, 0.3) is 6.08 Å². The van der Waals surface area contributed by atoms with Crippen molar-refractivity contribution in [3.63, 3.8) is 0 Å². The maximum absolute atomic E-state index is 11.7. The van der Waals surface area contributed by atoms with Gasteiger partial charge in [0.05, 0.1) is 0 Å². The topological polar surface area (TPSA) is 52.9 Å². The summed E-state index contributed by atoms with van der Waals surface area (Å²) in [5.41, 5.74) is 1.38. The Bertz CT molecular complexity index is 554. The lowest BCUT2D eigenvalue weighted by atomic mass is 10.2. The number of benzene rings is 1. The van der Waals surface area contributed by atoms with Gasteiger partial charge in [-0.1, -0.05) is 24.3 Å². The fourth-order valence-corrected chi connectivity index (χ4v) is 1.56. The largest absolute Gasteiger partial charge is 0.508 e. The second kappa shape index (κ2) is 4.87. The van der Waals surface area contributed by atoms with E-state index >= 15 is 0 Å². The van der Waals surface area contributed by atoms with E-state index in [1.54, 1.807) is 50.4 Å². The Morgan fingerprint density at radius 1 is 1.28 bits per heavy atom. The summed E-state index contributed by atoms with van der Waals surface area (Å²) in [5.74, 6) is 0.838. The standard InChI is InChI=1S/C14H14N2O2/c1-10-15-13(14(18)16(10)2)5-3-4-11-6-8-12(17)9-7-11/h3-9,17H,1-2H3/b4-3+,13-5-.